The number of nitrogens with zero attached hydrogens (tertiary/aromatic N) is 1. The Kier molecular flexibility index (Phi) is 4.01. The second kappa shape index (κ2) is 4.75. The van der Waals surface area contributed by atoms with Gasteiger partial charge in [-0.3, -0.25) is 0 Å². The summed E-state index contributed by atoms with van der Waals surface area (Å²) in [5, 5.41) is 31.3. The van der Waals surface area contributed by atoms with Gasteiger partial charge < -0.3 is 20.1 Å². The zero-order valence-corrected chi connectivity index (χ0v) is 9.70. The normalized spacial score (nSPS) is 40.8. The van der Waals surface area contributed by atoms with E-state index in [1.807, 2.05) is 20.8 Å². The summed E-state index contributed by atoms with van der Waals surface area (Å²) in [5.41, 5.74) is -0.365. The molecule has 1 fully saturated rings. The molecule has 1 rings (SSSR count). The molecule has 94 valence electrons. The molecule has 1 heterocycles. The number of nitroso groups, excluding NO2 is 1. The fraction of sp³-hybridized carbons (Fsp3) is 1.00. The molecule has 0 aromatic heterocycles. The van der Waals surface area contributed by atoms with E-state index in [0.29, 0.717) is 0 Å². The summed E-state index contributed by atoms with van der Waals surface area (Å²) < 4.78 is 5.10. The number of hydrogen-bond acceptors (Lipinski definition) is 6. The van der Waals surface area contributed by atoms with Crippen LogP contribution in [0, 0.1) is 16.2 Å². The highest BCUT2D eigenvalue weighted by atomic mass is 16.6. The third-order valence-corrected chi connectivity index (χ3v) is 3.03. The summed E-state index contributed by atoms with van der Waals surface area (Å²) in [6.07, 6.45) is -3.26. The Morgan fingerprint density at radius 1 is 1.31 bits per heavy atom. The molecule has 0 radical (unpaired) electrons. The third-order valence-electron chi connectivity index (χ3n) is 3.03. The van der Waals surface area contributed by atoms with E-state index in [1.165, 1.54) is 0 Å². The van der Waals surface area contributed by atoms with Crippen LogP contribution >= 0.6 is 0 Å². The lowest BCUT2D eigenvalue weighted by Crippen LogP contribution is -2.58. The first-order valence-electron chi connectivity index (χ1n) is 5.28. The van der Waals surface area contributed by atoms with Crippen molar-refractivity contribution in [3.05, 3.63) is 4.91 Å². The van der Waals surface area contributed by atoms with Crippen molar-refractivity contribution in [2.24, 2.45) is 16.5 Å². The van der Waals surface area contributed by atoms with Gasteiger partial charge >= 0.3 is 0 Å². The number of ether oxygens (including phenoxy) is 1. The molecular weight excluding hydrogens is 214 g/mol. The van der Waals surface area contributed by atoms with Gasteiger partial charge in [-0.25, -0.2) is 0 Å². The molecule has 0 aromatic carbocycles. The maximum Gasteiger partial charge on any atom is 0.183 e. The van der Waals surface area contributed by atoms with Crippen LogP contribution in [0.5, 0.6) is 0 Å². The highest BCUT2D eigenvalue weighted by molar-refractivity contribution is 4.97. The third kappa shape index (κ3) is 2.40. The second-order valence-electron chi connectivity index (χ2n) is 5.23. The Labute approximate surface area is 94.2 Å². The van der Waals surface area contributed by atoms with Gasteiger partial charge in [-0.15, -0.1) is 0 Å². The molecule has 0 spiro atoms. The van der Waals surface area contributed by atoms with Crippen molar-refractivity contribution in [2.75, 3.05) is 6.61 Å². The van der Waals surface area contributed by atoms with Crippen LogP contribution in [-0.4, -0.2) is 46.5 Å². The number of aliphatic hydroxyl groups is 3. The molecule has 0 amide bonds. The van der Waals surface area contributed by atoms with Crippen molar-refractivity contribution in [3.63, 3.8) is 0 Å². The average Bonchev–Trinajstić information content (AvgIpc) is 2.15. The van der Waals surface area contributed by atoms with Crippen LogP contribution < -0.4 is 0 Å². The molecule has 0 saturated carbocycles. The van der Waals surface area contributed by atoms with E-state index in [1.54, 1.807) is 0 Å². The minimum Gasteiger partial charge on any atom is -0.394 e. The van der Waals surface area contributed by atoms with Crippen LogP contribution in [0.3, 0.4) is 0 Å². The molecule has 6 heteroatoms. The summed E-state index contributed by atoms with van der Waals surface area (Å²) in [7, 11) is 0. The van der Waals surface area contributed by atoms with Crippen LogP contribution in [0.1, 0.15) is 20.8 Å². The first-order chi connectivity index (χ1) is 7.32. The smallest absolute Gasteiger partial charge is 0.183 e. The maximum absolute atomic E-state index is 10.5. The van der Waals surface area contributed by atoms with E-state index in [2.05, 4.69) is 5.18 Å². The Balaban J connectivity index is 2.97. The van der Waals surface area contributed by atoms with Gasteiger partial charge in [0.05, 0.1) is 18.8 Å². The van der Waals surface area contributed by atoms with Crippen molar-refractivity contribution in [1.29, 1.82) is 0 Å². The van der Waals surface area contributed by atoms with Crippen molar-refractivity contribution in [2.45, 2.75) is 45.3 Å². The predicted octanol–water partition coefficient (Wildman–Crippen LogP) is -0.146. The summed E-state index contributed by atoms with van der Waals surface area (Å²) in [6, 6.07) is -1.20. The molecule has 1 aliphatic heterocycles. The van der Waals surface area contributed by atoms with Crippen LogP contribution in [0.2, 0.25) is 0 Å². The quantitative estimate of drug-likeness (QED) is 0.576. The second-order valence-corrected chi connectivity index (χ2v) is 5.23. The molecule has 5 atom stereocenters. The SMILES string of the molecule is CC(C)(C)C1C(CO)OC(O)C(N=O)C1O. The molecular formula is C10H19NO5. The van der Waals surface area contributed by atoms with Gasteiger partial charge in [-0.05, 0) is 5.41 Å². The highest BCUT2D eigenvalue weighted by Crippen LogP contribution is 2.39. The summed E-state index contributed by atoms with van der Waals surface area (Å²) in [4.78, 5) is 10.5. The minimum atomic E-state index is -1.46. The fourth-order valence-electron chi connectivity index (χ4n) is 2.29. The van der Waals surface area contributed by atoms with Crippen molar-refractivity contribution < 1.29 is 20.1 Å². The lowest BCUT2D eigenvalue weighted by Gasteiger charge is -2.45. The molecule has 0 aromatic rings. The number of aliphatic hydroxyl groups excluding tert-OH is 3. The van der Waals surface area contributed by atoms with Gasteiger partial charge in [-0.1, -0.05) is 25.9 Å². The molecule has 6 nitrogen and oxygen atoms in total. The first kappa shape index (κ1) is 13.5. The van der Waals surface area contributed by atoms with Crippen LogP contribution in [0.15, 0.2) is 5.18 Å². The zero-order chi connectivity index (χ0) is 12.5. The molecule has 3 N–H and O–H groups in total. The molecule has 16 heavy (non-hydrogen) atoms. The number of hydrogen-bond donors (Lipinski definition) is 3. The predicted molar refractivity (Wildman–Crippen MR) is 56.5 cm³/mol. The monoisotopic (exact) mass is 233 g/mol. The van der Waals surface area contributed by atoms with Crippen molar-refractivity contribution in [1.82, 2.24) is 0 Å². The average molecular weight is 233 g/mol. The Morgan fingerprint density at radius 2 is 1.88 bits per heavy atom. The number of rotatable bonds is 2. The molecule has 1 aliphatic rings. The summed E-state index contributed by atoms with van der Waals surface area (Å²) in [6.45, 7) is 5.28. The van der Waals surface area contributed by atoms with Crippen LogP contribution in [0.25, 0.3) is 0 Å². The largest absolute Gasteiger partial charge is 0.394 e. The van der Waals surface area contributed by atoms with Gasteiger partial charge in [0.2, 0.25) is 0 Å². The summed E-state index contributed by atoms with van der Waals surface area (Å²) >= 11 is 0. The van der Waals surface area contributed by atoms with E-state index in [0.717, 1.165) is 0 Å². The molecule has 5 unspecified atom stereocenters. The molecule has 0 bridgehead atoms. The lowest BCUT2D eigenvalue weighted by atomic mass is 9.71. The van der Waals surface area contributed by atoms with Gasteiger partial charge in [0.15, 0.2) is 12.3 Å². The Morgan fingerprint density at radius 3 is 2.25 bits per heavy atom. The maximum atomic E-state index is 10.5. The van der Waals surface area contributed by atoms with Gasteiger partial charge in [0.25, 0.3) is 0 Å². The minimum absolute atomic E-state index is 0.318. The van der Waals surface area contributed by atoms with Crippen molar-refractivity contribution in [3.8, 4) is 0 Å². The topological polar surface area (TPSA) is 99.4 Å². The fourth-order valence-corrected chi connectivity index (χ4v) is 2.29. The van der Waals surface area contributed by atoms with E-state index in [-0.39, 0.29) is 12.0 Å². The van der Waals surface area contributed by atoms with Crippen LogP contribution in [0.4, 0.5) is 0 Å². The first-order valence-corrected chi connectivity index (χ1v) is 5.28. The van der Waals surface area contributed by atoms with E-state index >= 15 is 0 Å². The Bertz CT molecular complexity index is 252. The van der Waals surface area contributed by atoms with Gasteiger partial charge in [0, 0.05) is 5.92 Å². The Hall–Kier alpha value is -0.560. The zero-order valence-electron chi connectivity index (χ0n) is 9.70. The van der Waals surface area contributed by atoms with E-state index in [4.69, 9.17) is 9.84 Å². The van der Waals surface area contributed by atoms with E-state index < -0.39 is 30.5 Å². The van der Waals surface area contributed by atoms with Gasteiger partial charge in [-0.2, -0.15) is 4.91 Å². The van der Waals surface area contributed by atoms with E-state index in [9.17, 15) is 15.1 Å². The molecule has 1 saturated heterocycles. The standard InChI is InChI=1S/C10H19NO5/c1-10(2,3)6-5(4-12)16-9(14)7(11-15)8(6)13/h5-9,12-14H,4H2,1-3H3. The van der Waals surface area contributed by atoms with Crippen LogP contribution in [-0.2, 0) is 4.74 Å². The summed E-state index contributed by atoms with van der Waals surface area (Å²) in [5.74, 6) is -0.455. The van der Waals surface area contributed by atoms with Crippen molar-refractivity contribution >= 4 is 0 Å². The lowest BCUT2D eigenvalue weighted by molar-refractivity contribution is -0.247. The molecule has 0 aliphatic carbocycles. The van der Waals surface area contributed by atoms with Gasteiger partial charge in [0.1, 0.15) is 0 Å². The highest BCUT2D eigenvalue weighted by Gasteiger charge is 2.49.